The molecule has 0 aliphatic heterocycles. The minimum absolute atomic E-state index is 0.0897. The molecule has 2 aromatic rings. The first kappa shape index (κ1) is 23.3. The van der Waals surface area contributed by atoms with Gasteiger partial charge in [0, 0.05) is 12.5 Å². The molecule has 2 amide bonds. The lowest BCUT2D eigenvalue weighted by Gasteiger charge is -2.24. The van der Waals surface area contributed by atoms with Gasteiger partial charge in [-0.15, -0.1) is 0 Å². The average Bonchev–Trinajstić information content (AvgIpc) is 3.07. The summed E-state index contributed by atoms with van der Waals surface area (Å²) < 4.78 is 5.46. The first-order chi connectivity index (χ1) is 15.2. The van der Waals surface area contributed by atoms with Gasteiger partial charge in [0.2, 0.25) is 5.91 Å². The number of hydrogen-bond donors (Lipinski definition) is 4. The molecular formula is C24H28N2O6. The number of aliphatic carboxylic acids is 1. The topological polar surface area (TPSA) is 125 Å². The minimum Gasteiger partial charge on any atom is -0.481 e. The first-order valence-corrected chi connectivity index (χ1v) is 10.5. The van der Waals surface area contributed by atoms with E-state index in [1.54, 1.807) is 6.92 Å². The highest BCUT2D eigenvalue weighted by Gasteiger charge is 2.30. The molecular weight excluding hydrogens is 412 g/mol. The van der Waals surface area contributed by atoms with E-state index in [1.165, 1.54) is 6.92 Å². The van der Waals surface area contributed by atoms with Crippen LogP contribution in [0.15, 0.2) is 48.5 Å². The lowest BCUT2D eigenvalue weighted by molar-refractivity contribution is -0.142. The summed E-state index contributed by atoms with van der Waals surface area (Å²) in [5.41, 5.74) is 2.83. The lowest BCUT2D eigenvalue weighted by Crippen LogP contribution is -2.50. The van der Waals surface area contributed by atoms with Crippen LogP contribution in [0.3, 0.4) is 0 Å². The van der Waals surface area contributed by atoms with Gasteiger partial charge in [0.15, 0.2) is 0 Å². The summed E-state index contributed by atoms with van der Waals surface area (Å²) >= 11 is 0. The third kappa shape index (κ3) is 5.45. The molecule has 0 saturated heterocycles. The highest BCUT2D eigenvalue weighted by Crippen LogP contribution is 2.44. The molecule has 0 radical (unpaired) electrons. The molecule has 2 aromatic carbocycles. The molecule has 0 aromatic heterocycles. The van der Waals surface area contributed by atoms with E-state index in [1.807, 2.05) is 48.5 Å². The van der Waals surface area contributed by atoms with Gasteiger partial charge < -0.3 is 25.6 Å². The highest BCUT2D eigenvalue weighted by atomic mass is 16.5. The second kappa shape index (κ2) is 9.82. The molecule has 0 spiro atoms. The number of carboxylic acids is 1. The number of carbonyl (C=O) groups excluding carboxylic acids is 2. The van der Waals surface area contributed by atoms with Crippen LogP contribution < -0.4 is 10.6 Å². The molecule has 1 aliphatic carbocycles. The molecule has 0 saturated carbocycles. The quantitative estimate of drug-likeness (QED) is 0.475. The number of carboxylic acid groups (broad SMARTS) is 1. The molecule has 32 heavy (non-hydrogen) atoms. The summed E-state index contributed by atoms with van der Waals surface area (Å²) in [4.78, 5) is 35.6. The normalized spacial score (nSPS) is 15.1. The van der Waals surface area contributed by atoms with Gasteiger partial charge in [0.05, 0.1) is 12.0 Å². The third-order valence-electron chi connectivity index (χ3n) is 5.54. The third-order valence-corrected chi connectivity index (χ3v) is 5.54. The lowest BCUT2D eigenvalue weighted by atomic mass is 9.98. The van der Waals surface area contributed by atoms with Gasteiger partial charge in [-0.3, -0.25) is 9.59 Å². The van der Waals surface area contributed by atoms with Gasteiger partial charge >= 0.3 is 12.1 Å². The summed E-state index contributed by atoms with van der Waals surface area (Å²) in [5, 5.41) is 23.9. The number of alkyl carbamates (subject to hydrolysis) is 1. The fourth-order valence-corrected chi connectivity index (χ4v) is 3.92. The number of nitrogens with one attached hydrogen (secondary N) is 2. The second-order valence-corrected chi connectivity index (χ2v) is 8.22. The van der Waals surface area contributed by atoms with Crippen LogP contribution in [0.5, 0.6) is 0 Å². The van der Waals surface area contributed by atoms with E-state index < -0.39 is 36.0 Å². The van der Waals surface area contributed by atoms with Crippen LogP contribution in [0, 0.1) is 0 Å². The Bertz CT molecular complexity index is 958. The zero-order chi connectivity index (χ0) is 23.3. The molecule has 1 unspecified atom stereocenters. The van der Waals surface area contributed by atoms with Crippen molar-refractivity contribution in [2.75, 3.05) is 13.2 Å². The van der Waals surface area contributed by atoms with E-state index >= 15 is 0 Å². The fraction of sp³-hybridized carbons (Fsp3) is 0.375. The van der Waals surface area contributed by atoms with Crippen molar-refractivity contribution in [1.29, 1.82) is 0 Å². The predicted octanol–water partition coefficient (Wildman–Crippen LogP) is 2.65. The number of ether oxygens (including phenoxy) is 1. The van der Waals surface area contributed by atoms with E-state index in [2.05, 4.69) is 10.6 Å². The number of fused-ring (bicyclic) bond motifs is 3. The molecule has 4 N–H and O–H groups in total. The van der Waals surface area contributed by atoms with E-state index in [0.29, 0.717) is 6.42 Å². The van der Waals surface area contributed by atoms with E-state index in [-0.39, 0.29) is 19.1 Å². The SMILES string of the molecule is CC[C@@H](NC(=O)OCC1c2ccccc2-c2ccccc21)C(=O)NCC(C)(O)CC(=O)O. The number of benzene rings is 2. The van der Waals surface area contributed by atoms with Gasteiger partial charge in [-0.1, -0.05) is 55.5 Å². The number of aliphatic hydroxyl groups is 1. The summed E-state index contributed by atoms with van der Waals surface area (Å²) in [6.07, 6.45) is -0.924. The van der Waals surface area contributed by atoms with E-state index in [9.17, 15) is 19.5 Å². The molecule has 0 heterocycles. The Kier molecular flexibility index (Phi) is 7.15. The number of rotatable bonds is 9. The van der Waals surface area contributed by atoms with Crippen molar-refractivity contribution in [3.05, 3.63) is 59.7 Å². The number of amides is 2. The van der Waals surface area contributed by atoms with Crippen molar-refractivity contribution < 1.29 is 29.3 Å². The van der Waals surface area contributed by atoms with Crippen molar-refractivity contribution in [2.45, 2.75) is 44.2 Å². The Morgan fingerprint density at radius 3 is 2.16 bits per heavy atom. The smallest absolute Gasteiger partial charge is 0.407 e. The molecule has 0 fully saturated rings. The van der Waals surface area contributed by atoms with Crippen molar-refractivity contribution in [2.24, 2.45) is 0 Å². The Hall–Kier alpha value is -3.39. The molecule has 8 nitrogen and oxygen atoms in total. The maximum Gasteiger partial charge on any atom is 0.407 e. The maximum atomic E-state index is 12.4. The summed E-state index contributed by atoms with van der Waals surface area (Å²) in [7, 11) is 0. The van der Waals surface area contributed by atoms with Crippen LogP contribution in [0.25, 0.3) is 11.1 Å². The largest absolute Gasteiger partial charge is 0.481 e. The van der Waals surface area contributed by atoms with Crippen molar-refractivity contribution in [3.63, 3.8) is 0 Å². The van der Waals surface area contributed by atoms with Crippen LogP contribution in [-0.4, -0.2) is 53.0 Å². The van der Waals surface area contributed by atoms with E-state index in [4.69, 9.17) is 9.84 Å². The Balaban J connectivity index is 1.57. The van der Waals surface area contributed by atoms with Crippen molar-refractivity contribution >= 4 is 18.0 Å². The van der Waals surface area contributed by atoms with Gasteiger partial charge in [0.1, 0.15) is 12.6 Å². The molecule has 1 aliphatic rings. The van der Waals surface area contributed by atoms with Gasteiger partial charge in [-0.25, -0.2) is 4.79 Å². The van der Waals surface area contributed by atoms with Crippen molar-refractivity contribution in [1.82, 2.24) is 10.6 Å². The van der Waals surface area contributed by atoms with Gasteiger partial charge in [-0.05, 0) is 35.6 Å². The van der Waals surface area contributed by atoms with Gasteiger partial charge in [0.25, 0.3) is 0 Å². The molecule has 0 bridgehead atoms. The van der Waals surface area contributed by atoms with Crippen LogP contribution in [0.1, 0.15) is 43.7 Å². The maximum absolute atomic E-state index is 12.4. The van der Waals surface area contributed by atoms with Crippen LogP contribution in [-0.2, 0) is 14.3 Å². The number of carbonyl (C=O) groups is 3. The van der Waals surface area contributed by atoms with Crippen LogP contribution in [0.2, 0.25) is 0 Å². The predicted molar refractivity (Wildman–Crippen MR) is 118 cm³/mol. The molecule has 8 heteroatoms. The molecule has 3 rings (SSSR count). The number of hydrogen-bond acceptors (Lipinski definition) is 5. The molecule has 2 atom stereocenters. The Morgan fingerprint density at radius 1 is 1.06 bits per heavy atom. The van der Waals surface area contributed by atoms with E-state index in [0.717, 1.165) is 22.3 Å². The summed E-state index contributed by atoms with van der Waals surface area (Å²) in [6.45, 7) is 2.93. The highest BCUT2D eigenvalue weighted by molar-refractivity contribution is 5.85. The second-order valence-electron chi connectivity index (χ2n) is 8.22. The van der Waals surface area contributed by atoms with Crippen LogP contribution in [0.4, 0.5) is 4.79 Å². The fourth-order valence-electron chi connectivity index (χ4n) is 3.92. The zero-order valence-electron chi connectivity index (χ0n) is 18.1. The monoisotopic (exact) mass is 440 g/mol. The first-order valence-electron chi connectivity index (χ1n) is 10.5. The average molecular weight is 440 g/mol. The molecule has 170 valence electrons. The van der Waals surface area contributed by atoms with Gasteiger partial charge in [-0.2, -0.15) is 0 Å². The Morgan fingerprint density at radius 2 is 1.62 bits per heavy atom. The zero-order valence-corrected chi connectivity index (χ0v) is 18.1. The standard InChI is InChI=1S/C24H28N2O6/c1-3-20(22(29)25-14-24(2,31)12-21(27)28)26-23(30)32-13-19-17-10-6-4-8-15(17)16-9-5-7-11-18(16)19/h4-11,19-20,31H,3,12-14H2,1-2H3,(H,25,29)(H,26,30)(H,27,28)/t20-,24?/m1/s1. The minimum atomic E-state index is -1.59. The Labute approximate surface area is 186 Å². The summed E-state index contributed by atoms with van der Waals surface area (Å²) in [6, 6.07) is 15.1. The van der Waals surface area contributed by atoms with Crippen LogP contribution >= 0.6 is 0 Å². The van der Waals surface area contributed by atoms with Crippen molar-refractivity contribution in [3.8, 4) is 11.1 Å². The summed E-state index contributed by atoms with van der Waals surface area (Å²) in [5.74, 6) is -1.78.